The van der Waals surface area contributed by atoms with E-state index in [0.29, 0.717) is 25.8 Å². The number of likely N-dealkylation sites (tertiary alicyclic amines) is 1. The highest BCUT2D eigenvalue weighted by atomic mass is 16.6. The van der Waals surface area contributed by atoms with E-state index >= 15 is 0 Å². The highest BCUT2D eigenvalue weighted by Crippen LogP contribution is 2.65. The second kappa shape index (κ2) is 11.9. The molecule has 1 spiro atoms. The van der Waals surface area contributed by atoms with Crippen LogP contribution in [0.1, 0.15) is 52.5 Å². The molecule has 0 saturated carbocycles. The first kappa shape index (κ1) is 30.0. The molecule has 1 N–H and O–H groups in total. The normalized spacial score (nSPS) is 31.2. The van der Waals surface area contributed by atoms with Crippen molar-refractivity contribution in [3.8, 4) is 0 Å². The van der Waals surface area contributed by atoms with Gasteiger partial charge in [-0.3, -0.25) is 14.4 Å². The average molecular weight is 553 g/mol. The lowest BCUT2D eigenvalue weighted by atomic mass is 9.62. The lowest BCUT2D eigenvalue weighted by Crippen LogP contribution is -2.59. The van der Waals surface area contributed by atoms with Crippen LogP contribution in [0.15, 0.2) is 55.6 Å². The van der Waals surface area contributed by atoms with Crippen molar-refractivity contribution >= 4 is 17.8 Å². The highest BCUT2D eigenvalue weighted by Gasteiger charge is 2.80. The lowest BCUT2D eigenvalue weighted by Gasteiger charge is -2.40. The number of nitrogens with zero attached hydrogens (tertiary/aromatic N) is 2. The number of carbonyl (C=O) groups is 3. The summed E-state index contributed by atoms with van der Waals surface area (Å²) in [4.78, 5) is 45.8. The fourth-order valence-corrected chi connectivity index (χ4v) is 7.15. The first-order valence-electron chi connectivity index (χ1n) is 14.4. The van der Waals surface area contributed by atoms with Gasteiger partial charge in [0, 0.05) is 13.1 Å². The summed E-state index contributed by atoms with van der Waals surface area (Å²) in [5.74, 6) is -3.00. The van der Waals surface area contributed by atoms with E-state index in [1.54, 1.807) is 17.1 Å². The Balaban J connectivity index is 1.78. The van der Waals surface area contributed by atoms with Gasteiger partial charge in [-0.05, 0) is 43.6 Å². The molecular formula is C32H44N2O6. The van der Waals surface area contributed by atoms with Gasteiger partial charge in [-0.1, -0.05) is 63.3 Å². The molecule has 1 aromatic rings. The Morgan fingerprint density at radius 2 is 1.95 bits per heavy atom. The Hall–Kier alpha value is -2.97. The molecule has 3 fully saturated rings. The summed E-state index contributed by atoms with van der Waals surface area (Å²) in [5, 5.41) is 10.5. The summed E-state index contributed by atoms with van der Waals surface area (Å²) >= 11 is 0. The Morgan fingerprint density at radius 1 is 1.25 bits per heavy atom. The van der Waals surface area contributed by atoms with Crippen molar-refractivity contribution in [3.63, 3.8) is 0 Å². The van der Waals surface area contributed by atoms with Crippen LogP contribution in [0.5, 0.6) is 0 Å². The minimum atomic E-state index is -1.20. The van der Waals surface area contributed by atoms with Crippen LogP contribution >= 0.6 is 0 Å². The molecule has 0 radical (unpaired) electrons. The van der Waals surface area contributed by atoms with Crippen molar-refractivity contribution in [2.24, 2.45) is 23.7 Å². The number of hydrogen-bond acceptors (Lipinski definition) is 6. The van der Waals surface area contributed by atoms with Gasteiger partial charge in [0.15, 0.2) is 0 Å². The molecule has 8 nitrogen and oxygen atoms in total. The van der Waals surface area contributed by atoms with E-state index in [9.17, 15) is 19.5 Å². The predicted molar refractivity (Wildman–Crippen MR) is 152 cm³/mol. The SMILES string of the molecule is C=CCCCOC(=O)[C@@H]1[C@H]2C(=O)N([C@@H](CO)C(C)C)C(C(=O)N(CC=C)Cc3ccccc3)C23CC(C)[C@@]1(C)O3. The lowest BCUT2D eigenvalue weighted by molar-refractivity contribution is -0.164. The van der Waals surface area contributed by atoms with Crippen LogP contribution in [0.3, 0.4) is 0 Å². The van der Waals surface area contributed by atoms with Gasteiger partial charge < -0.3 is 24.4 Å². The number of aliphatic hydroxyl groups is 1. The number of esters is 1. The molecule has 218 valence electrons. The topological polar surface area (TPSA) is 96.4 Å². The van der Waals surface area contributed by atoms with Crippen LogP contribution in [0.2, 0.25) is 0 Å². The molecule has 8 heteroatoms. The molecule has 40 heavy (non-hydrogen) atoms. The minimum Gasteiger partial charge on any atom is -0.465 e. The maximum Gasteiger partial charge on any atom is 0.312 e. The quantitative estimate of drug-likeness (QED) is 0.228. The highest BCUT2D eigenvalue weighted by molar-refractivity contribution is 5.98. The number of carbonyl (C=O) groups excluding carboxylic acids is 3. The van der Waals surface area contributed by atoms with Gasteiger partial charge in [0.2, 0.25) is 11.8 Å². The largest absolute Gasteiger partial charge is 0.465 e. The molecule has 3 heterocycles. The number of rotatable bonds is 13. The van der Waals surface area contributed by atoms with E-state index in [0.717, 1.165) is 5.56 Å². The van der Waals surface area contributed by atoms with Crippen molar-refractivity contribution in [1.82, 2.24) is 9.80 Å². The van der Waals surface area contributed by atoms with Crippen LogP contribution in [0.4, 0.5) is 0 Å². The second-order valence-electron chi connectivity index (χ2n) is 12.0. The van der Waals surface area contributed by atoms with E-state index in [4.69, 9.17) is 9.47 Å². The van der Waals surface area contributed by atoms with Gasteiger partial charge in [0.05, 0.1) is 30.8 Å². The van der Waals surface area contributed by atoms with Crippen molar-refractivity contribution in [1.29, 1.82) is 0 Å². The molecule has 1 aromatic carbocycles. The average Bonchev–Trinajstić information content (AvgIpc) is 3.43. The van der Waals surface area contributed by atoms with Crippen LogP contribution < -0.4 is 0 Å². The van der Waals surface area contributed by atoms with Gasteiger partial charge in [0.1, 0.15) is 17.6 Å². The molecule has 0 aliphatic carbocycles. The fourth-order valence-electron chi connectivity index (χ4n) is 7.15. The number of aliphatic hydroxyl groups excluding tert-OH is 1. The first-order valence-corrected chi connectivity index (χ1v) is 14.4. The van der Waals surface area contributed by atoms with E-state index in [1.807, 2.05) is 58.0 Å². The summed E-state index contributed by atoms with van der Waals surface area (Å²) < 4.78 is 12.5. The molecule has 4 rings (SSSR count). The number of allylic oxidation sites excluding steroid dienone is 1. The zero-order chi connectivity index (χ0) is 29.2. The standard InChI is InChI=1S/C32H44N2O6/c1-7-9-13-17-39-30(38)26-25-28(36)34(24(20-35)21(3)4)27(32(25)18-22(5)31(26,6)40-32)29(37)33(16-8-2)19-23-14-11-10-12-15-23/h7-8,10-12,14-15,21-22,24-27,35H,1-2,9,13,16-20H2,3-6H3/t22?,24-,25-,26-,27?,31+,32?/m0/s1. The van der Waals surface area contributed by atoms with E-state index in [1.165, 1.54) is 4.90 Å². The van der Waals surface area contributed by atoms with Crippen molar-refractivity contribution < 1.29 is 29.0 Å². The number of ether oxygens (including phenoxy) is 2. The molecule has 7 atom stereocenters. The molecular weight excluding hydrogens is 508 g/mol. The minimum absolute atomic E-state index is 0.0915. The maximum atomic E-state index is 14.6. The van der Waals surface area contributed by atoms with Crippen LogP contribution in [-0.4, -0.2) is 75.7 Å². The van der Waals surface area contributed by atoms with Crippen molar-refractivity contribution in [2.45, 2.75) is 76.8 Å². The maximum absolute atomic E-state index is 14.6. The predicted octanol–water partition coefficient (Wildman–Crippen LogP) is 3.74. The van der Waals surface area contributed by atoms with Crippen LogP contribution in [0.25, 0.3) is 0 Å². The van der Waals surface area contributed by atoms with Gasteiger partial charge in [-0.15, -0.1) is 13.2 Å². The first-order chi connectivity index (χ1) is 19.1. The van der Waals surface area contributed by atoms with Gasteiger partial charge >= 0.3 is 5.97 Å². The van der Waals surface area contributed by atoms with E-state index in [2.05, 4.69) is 13.2 Å². The molecule has 2 bridgehead atoms. The molecule has 3 aliphatic rings. The van der Waals surface area contributed by atoms with Gasteiger partial charge in [-0.2, -0.15) is 0 Å². The van der Waals surface area contributed by atoms with Gasteiger partial charge in [0.25, 0.3) is 0 Å². The van der Waals surface area contributed by atoms with Crippen molar-refractivity contribution in [2.75, 3.05) is 19.8 Å². The number of fused-ring (bicyclic) bond motifs is 1. The monoisotopic (exact) mass is 552 g/mol. The number of benzene rings is 1. The molecule has 2 amide bonds. The third kappa shape index (κ3) is 4.90. The Kier molecular flexibility index (Phi) is 8.90. The molecule has 3 unspecified atom stereocenters. The number of amides is 2. The number of unbranched alkanes of at least 4 members (excludes halogenated alkanes) is 1. The fraction of sp³-hybridized carbons (Fsp3) is 0.594. The molecule has 0 aromatic heterocycles. The Morgan fingerprint density at radius 3 is 2.55 bits per heavy atom. The molecule has 3 aliphatic heterocycles. The summed E-state index contributed by atoms with van der Waals surface area (Å²) in [6, 6.07) is 8.05. The summed E-state index contributed by atoms with van der Waals surface area (Å²) in [6.07, 6.45) is 5.25. The van der Waals surface area contributed by atoms with Gasteiger partial charge in [-0.25, -0.2) is 0 Å². The zero-order valence-corrected chi connectivity index (χ0v) is 24.3. The third-order valence-electron chi connectivity index (χ3n) is 9.23. The van der Waals surface area contributed by atoms with Crippen LogP contribution in [-0.2, 0) is 30.4 Å². The van der Waals surface area contributed by atoms with E-state index in [-0.39, 0.29) is 43.4 Å². The summed E-state index contributed by atoms with van der Waals surface area (Å²) in [7, 11) is 0. The Labute approximate surface area is 238 Å². The third-order valence-corrected chi connectivity index (χ3v) is 9.23. The summed E-state index contributed by atoms with van der Waals surface area (Å²) in [6.45, 7) is 15.8. The van der Waals surface area contributed by atoms with E-state index < -0.39 is 41.1 Å². The second-order valence-corrected chi connectivity index (χ2v) is 12.0. The van der Waals surface area contributed by atoms with Crippen molar-refractivity contribution in [3.05, 3.63) is 61.2 Å². The Bertz CT molecular complexity index is 1120. The number of hydrogen-bond donors (Lipinski definition) is 1. The smallest absolute Gasteiger partial charge is 0.312 e. The van der Waals surface area contributed by atoms with Crippen LogP contribution in [0, 0.1) is 23.7 Å². The zero-order valence-electron chi connectivity index (χ0n) is 24.3. The summed E-state index contributed by atoms with van der Waals surface area (Å²) in [5.41, 5.74) is -1.20. The molecule has 3 saturated heterocycles.